The number of hydrogen-bond donors (Lipinski definition) is 3. The van der Waals surface area contributed by atoms with E-state index in [-0.39, 0.29) is 10.8 Å². The number of carboxylic acids is 1. The van der Waals surface area contributed by atoms with Crippen molar-refractivity contribution in [3.8, 4) is 0 Å². The standard InChI is InChI=1S/C27H32N4O3S.C2HF3O2/c1-20-9-12-26(21(2)17-20)35(33,34)29-23-10-11-25(31-15-13-28-14-16-31)24(18-23)27(32)30(3)19-22-7-5-4-6-8-22;3-2(4,5)1(6)7/h4-12,17-18,28-29H,13-16,19H2,1-3H3;(H,6,7). The molecule has 0 aliphatic carbocycles. The number of benzene rings is 3. The molecule has 1 fully saturated rings. The number of hydrogen-bond acceptors (Lipinski definition) is 6. The molecule has 13 heteroatoms. The van der Waals surface area contributed by atoms with E-state index in [0.29, 0.717) is 23.4 Å². The van der Waals surface area contributed by atoms with E-state index in [9.17, 15) is 26.4 Å². The fraction of sp³-hybridized carbons (Fsp3) is 0.310. The van der Waals surface area contributed by atoms with Crippen molar-refractivity contribution in [2.24, 2.45) is 0 Å². The van der Waals surface area contributed by atoms with Crippen LogP contribution in [0.5, 0.6) is 0 Å². The number of alkyl halides is 3. The highest BCUT2D eigenvalue weighted by Gasteiger charge is 2.38. The molecule has 0 saturated carbocycles. The highest BCUT2D eigenvalue weighted by Crippen LogP contribution is 2.28. The van der Waals surface area contributed by atoms with Crippen molar-refractivity contribution < 1.29 is 36.3 Å². The van der Waals surface area contributed by atoms with Crippen LogP contribution in [0.15, 0.2) is 71.6 Å². The van der Waals surface area contributed by atoms with Crippen LogP contribution in [0, 0.1) is 13.8 Å². The van der Waals surface area contributed by atoms with Gasteiger partial charge in [0, 0.05) is 51.1 Å². The first-order chi connectivity index (χ1) is 19.7. The molecule has 0 unspecified atom stereocenters. The molecule has 0 aromatic heterocycles. The Morgan fingerprint density at radius 3 is 2.19 bits per heavy atom. The third-order valence-corrected chi connectivity index (χ3v) is 7.95. The van der Waals surface area contributed by atoms with Gasteiger partial charge in [0.25, 0.3) is 15.9 Å². The second-order valence-corrected chi connectivity index (χ2v) is 11.4. The number of sulfonamides is 1. The van der Waals surface area contributed by atoms with Crippen molar-refractivity contribution in [3.05, 3.63) is 89.0 Å². The molecule has 226 valence electrons. The lowest BCUT2D eigenvalue weighted by Crippen LogP contribution is -2.44. The van der Waals surface area contributed by atoms with Crippen molar-refractivity contribution in [2.45, 2.75) is 31.5 Å². The highest BCUT2D eigenvalue weighted by atomic mass is 32.2. The fourth-order valence-electron chi connectivity index (χ4n) is 4.40. The number of carbonyl (C=O) groups excluding carboxylic acids is 1. The maximum absolute atomic E-state index is 13.6. The molecular weight excluding hydrogens is 573 g/mol. The summed E-state index contributed by atoms with van der Waals surface area (Å²) >= 11 is 0. The minimum absolute atomic E-state index is 0.157. The molecule has 0 spiro atoms. The summed E-state index contributed by atoms with van der Waals surface area (Å²) in [6.45, 7) is 7.37. The lowest BCUT2D eigenvalue weighted by Gasteiger charge is -2.32. The summed E-state index contributed by atoms with van der Waals surface area (Å²) < 4.78 is 60.7. The average Bonchev–Trinajstić information content (AvgIpc) is 2.93. The van der Waals surface area contributed by atoms with Crippen LogP contribution in [0.25, 0.3) is 0 Å². The minimum Gasteiger partial charge on any atom is -0.475 e. The quantitative estimate of drug-likeness (QED) is 0.364. The summed E-state index contributed by atoms with van der Waals surface area (Å²) in [5, 5.41) is 10.5. The number of aliphatic carboxylic acids is 1. The van der Waals surface area contributed by atoms with Gasteiger partial charge < -0.3 is 20.2 Å². The van der Waals surface area contributed by atoms with Gasteiger partial charge in [0.15, 0.2) is 0 Å². The van der Waals surface area contributed by atoms with E-state index < -0.39 is 22.2 Å². The number of anilines is 2. The van der Waals surface area contributed by atoms with Gasteiger partial charge in [-0.3, -0.25) is 9.52 Å². The topological polar surface area (TPSA) is 119 Å². The molecule has 42 heavy (non-hydrogen) atoms. The summed E-state index contributed by atoms with van der Waals surface area (Å²) in [5.74, 6) is -2.91. The Balaban J connectivity index is 0.000000616. The Kier molecular flexibility index (Phi) is 10.6. The zero-order valence-electron chi connectivity index (χ0n) is 23.4. The van der Waals surface area contributed by atoms with E-state index >= 15 is 0 Å². The number of piperazine rings is 1. The largest absolute Gasteiger partial charge is 0.490 e. The van der Waals surface area contributed by atoms with E-state index in [0.717, 1.165) is 43.0 Å². The molecular formula is C29H33F3N4O5S. The van der Waals surface area contributed by atoms with Crippen LogP contribution in [-0.4, -0.2) is 69.7 Å². The summed E-state index contributed by atoms with van der Waals surface area (Å²) in [4.78, 5) is 26.6. The molecule has 9 nitrogen and oxygen atoms in total. The van der Waals surface area contributed by atoms with Gasteiger partial charge in [-0.25, -0.2) is 13.2 Å². The zero-order chi connectivity index (χ0) is 31.1. The van der Waals surface area contributed by atoms with Gasteiger partial charge in [-0.05, 0) is 49.2 Å². The van der Waals surface area contributed by atoms with Gasteiger partial charge in [-0.2, -0.15) is 13.2 Å². The van der Waals surface area contributed by atoms with Crippen molar-refractivity contribution in [1.29, 1.82) is 0 Å². The second-order valence-electron chi connectivity index (χ2n) is 9.79. The lowest BCUT2D eigenvalue weighted by molar-refractivity contribution is -0.192. The van der Waals surface area contributed by atoms with E-state index in [2.05, 4.69) is 14.9 Å². The van der Waals surface area contributed by atoms with Crippen LogP contribution in [0.3, 0.4) is 0 Å². The van der Waals surface area contributed by atoms with E-state index in [1.165, 1.54) is 0 Å². The van der Waals surface area contributed by atoms with Gasteiger partial charge in [0.2, 0.25) is 0 Å². The zero-order valence-corrected chi connectivity index (χ0v) is 24.2. The maximum Gasteiger partial charge on any atom is 0.490 e. The van der Waals surface area contributed by atoms with Crippen LogP contribution < -0.4 is 14.9 Å². The number of halogens is 3. The SMILES string of the molecule is Cc1ccc(S(=O)(=O)Nc2ccc(N3CCNCC3)c(C(=O)N(C)Cc3ccccc3)c2)c(C)c1.O=C(O)C(F)(F)F. The van der Waals surface area contributed by atoms with Gasteiger partial charge in [-0.1, -0.05) is 48.0 Å². The van der Waals surface area contributed by atoms with E-state index in [4.69, 9.17) is 9.90 Å². The average molecular weight is 607 g/mol. The van der Waals surface area contributed by atoms with Crippen molar-refractivity contribution in [1.82, 2.24) is 10.2 Å². The number of carbonyl (C=O) groups is 2. The molecule has 3 aromatic rings. The van der Waals surface area contributed by atoms with Crippen LogP contribution >= 0.6 is 0 Å². The normalized spacial score (nSPS) is 13.5. The van der Waals surface area contributed by atoms with Crippen LogP contribution in [0.2, 0.25) is 0 Å². The molecule has 3 aromatic carbocycles. The third-order valence-electron chi connectivity index (χ3n) is 6.41. The molecule has 1 aliphatic heterocycles. The minimum atomic E-state index is -5.08. The van der Waals surface area contributed by atoms with Crippen LogP contribution in [0.4, 0.5) is 24.5 Å². The first-order valence-corrected chi connectivity index (χ1v) is 14.5. The Hall–Kier alpha value is -4.10. The first-order valence-electron chi connectivity index (χ1n) is 13.0. The predicted octanol–water partition coefficient (Wildman–Crippen LogP) is 4.42. The smallest absolute Gasteiger partial charge is 0.475 e. The monoisotopic (exact) mass is 606 g/mol. The fourth-order valence-corrected chi connectivity index (χ4v) is 5.68. The molecule has 1 aliphatic rings. The number of rotatable bonds is 7. The maximum atomic E-state index is 13.6. The molecule has 0 bridgehead atoms. The van der Waals surface area contributed by atoms with E-state index in [1.807, 2.05) is 49.4 Å². The number of aryl methyl sites for hydroxylation is 2. The third kappa shape index (κ3) is 8.70. The number of carboxylic acid groups (broad SMARTS) is 1. The van der Waals surface area contributed by atoms with Gasteiger partial charge >= 0.3 is 12.1 Å². The second kappa shape index (κ2) is 13.7. The van der Waals surface area contributed by atoms with Crippen LogP contribution in [-0.2, 0) is 21.4 Å². The molecule has 1 saturated heterocycles. The Bertz CT molecular complexity index is 1510. The lowest BCUT2D eigenvalue weighted by atomic mass is 10.1. The molecule has 0 radical (unpaired) electrons. The molecule has 4 rings (SSSR count). The van der Waals surface area contributed by atoms with E-state index in [1.54, 1.807) is 43.1 Å². The van der Waals surface area contributed by atoms with Crippen molar-refractivity contribution in [3.63, 3.8) is 0 Å². The van der Waals surface area contributed by atoms with Crippen molar-refractivity contribution in [2.75, 3.05) is 42.8 Å². The molecule has 1 amide bonds. The predicted molar refractivity (Wildman–Crippen MR) is 154 cm³/mol. The first kappa shape index (κ1) is 32.4. The highest BCUT2D eigenvalue weighted by molar-refractivity contribution is 7.92. The van der Waals surface area contributed by atoms with Gasteiger partial charge in [0.05, 0.1) is 10.5 Å². The summed E-state index contributed by atoms with van der Waals surface area (Å²) in [7, 11) is -2.04. The summed E-state index contributed by atoms with van der Waals surface area (Å²) in [5.41, 5.74) is 4.35. The molecule has 3 N–H and O–H groups in total. The molecule has 0 atom stereocenters. The Morgan fingerprint density at radius 1 is 1.00 bits per heavy atom. The van der Waals surface area contributed by atoms with Gasteiger partial charge in [-0.15, -0.1) is 0 Å². The number of amides is 1. The van der Waals surface area contributed by atoms with Gasteiger partial charge in [0.1, 0.15) is 0 Å². The Morgan fingerprint density at radius 2 is 1.62 bits per heavy atom. The number of nitrogens with one attached hydrogen (secondary N) is 2. The van der Waals surface area contributed by atoms with Crippen LogP contribution in [0.1, 0.15) is 27.0 Å². The van der Waals surface area contributed by atoms with Crippen molar-refractivity contribution >= 4 is 33.3 Å². The summed E-state index contributed by atoms with van der Waals surface area (Å²) in [6.07, 6.45) is -5.08. The number of nitrogens with zero attached hydrogens (tertiary/aromatic N) is 2. The summed E-state index contributed by atoms with van der Waals surface area (Å²) in [6, 6.07) is 20.3. The molecule has 1 heterocycles. The Labute approximate surface area is 243 Å².